The predicted octanol–water partition coefficient (Wildman–Crippen LogP) is 3.91. The van der Waals surface area contributed by atoms with Crippen LogP contribution in [0.1, 0.15) is 22.8 Å². The van der Waals surface area contributed by atoms with Crippen molar-refractivity contribution in [2.75, 3.05) is 0 Å². The fourth-order valence-electron chi connectivity index (χ4n) is 2.83. The molecule has 5 heterocycles. The molecule has 0 unspecified atom stereocenters. The SMILES string of the molecule is C1=Cc2cc3ccc(cc4ccc(cc5nc(cc1n2)C=C5)[n-]4)[n-]3.[Pt+2]. The Morgan fingerprint density at radius 1 is 0.480 bits per heavy atom. The van der Waals surface area contributed by atoms with Gasteiger partial charge in [-0.15, -0.1) is 22.1 Å². The molecule has 0 fully saturated rings. The van der Waals surface area contributed by atoms with Crippen molar-refractivity contribution in [3.05, 3.63) is 71.3 Å². The Labute approximate surface area is 158 Å². The van der Waals surface area contributed by atoms with E-state index < -0.39 is 0 Å². The molecule has 0 saturated heterocycles. The average molecular weight is 503 g/mol. The maximum absolute atomic E-state index is 4.59. The third-order valence-corrected chi connectivity index (χ3v) is 3.92. The van der Waals surface area contributed by atoms with Crippen molar-refractivity contribution < 1.29 is 21.1 Å². The third-order valence-electron chi connectivity index (χ3n) is 3.92. The van der Waals surface area contributed by atoms with Crippen molar-refractivity contribution in [2.24, 2.45) is 0 Å². The molecule has 0 aliphatic carbocycles. The van der Waals surface area contributed by atoms with Crippen LogP contribution in [-0.2, 0) is 21.1 Å². The molecule has 122 valence electrons. The first-order valence-electron chi connectivity index (χ1n) is 7.74. The summed E-state index contributed by atoms with van der Waals surface area (Å²) in [5.74, 6) is 0. The molecule has 3 aromatic heterocycles. The number of nitrogens with zero attached hydrogens (tertiary/aromatic N) is 4. The van der Waals surface area contributed by atoms with E-state index in [0.717, 1.165) is 44.8 Å². The molecule has 2 aliphatic heterocycles. The van der Waals surface area contributed by atoms with E-state index in [2.05, 4.69) is 19.9 Å². The van der Waals surface area contributed by atoms with Crippen LogP contribution >= 0.6 is 0 Å². The van der Waals surface area contributed by atoms with E-state index >= 15 is 0 Å². The zero-order chi connectivity index (χ0) is 15.9. The summed E-state index contributed by atoms with van der Waals surface area (Å²) in [6, 6.07) is 15.9. The fraction of sp³-hybridized carbons (Fsp3) is 0. The molecule has 0 spiro atoms. The van der Waals surface area contributed by atoms with Crippen LogP contribution in [0.4, 0.5) is 0 Å². The molecule has 8 bridgehead atoms. The van der Waals surface area contributed by atoms with Crippen LogP contribution in [0, 0.1) is 0 Å². The van der Waals surface area contributed by atoms with Crippen LogP contribution in [0.15, 0.2) is 48.5 Å². The van der Waals surface area contributed by atoms with Crippen LogP contribution in [0.25, 0.3) is 46.4 Å². The van der Waals surface area contributed by atoms with E-state index in [4.69, 9.17) is 0 Å². The summed E-state index contributed by atoms with van der Waals surface area (Å²) in [4.78, 5) is 18.4. The van der Waals surface area contributed by atoms with Crippen LogP contribution in [0.3, 0.4) is 0 Å². The van der Waals surface area contributed by atoms with Crippen LogP contribution in [-0.4, -0.2) is 9.97 Å². The Balaban J connectivity index is 0.00000157. The van der Waals surface area contributed by atoms with Crippen molar-refractivity contribution in [3.63, 3.8) is 0 Å². The predicted molar refractivity (Wildman–Crippen MR) is 96.8 cm³/mol. The van der Waals surface area contributed by atoms with Gasteiger partial charge in [0.25, 0.3) is 0 Å². The van der Waals surface area contributed by atoms with Crippen LogP contribution in [0.2, 0.25) is 0 Å². The normalized spacial score (nSPS) is 12.2. The Bertz CT molecular complexity index is 1080. The summed E-state index contributed by atoms with van der Waals surface area (Å²) in [5, 5.41) is 0. The molecule has 0 amide bonds. The van der Waals surface area contributed by atoms with Gasteiger partial charge in [-0.3, -0.25) is 0 Å². The quantitative estimate of drug-likeness (QED) is 0.322. The maximum atomic E-state index is 4.59. The van der Waals surface area contributed by atoms with Gasteiger partial charge < -0.3 is 9.97 Å². The number of fused-ring (bicyclic) bond motifs is 8. The van der Waals surface area contributed by atoms with E-state index in [-0.39, 0.29) is 21.1 Å². The van der Waals surface area contributed by atoms with Crippen molar-refractivity contribution in [3.8, 4) is 0 Å². The summed E-state index contributed by atoms with van der Waals surface area (Å²) < 4.78 is 0. The number of rotatable bonds is 0. The first kappa shape index (κ1) is 15.8. The molecular weight excluding hydrogens is 491 g/mol. The topological polar surface area (TPSA) is 54.0 Å². The summed E-state index contributed by atoms with van der Waals surface area (Å²) in [6.07, 6.45) is 7.95. The first-order valence-corrected chi connectivity index (χ1v) is 7.74. The Kier molecular flexibility index (Phi) is 3.98. The molecule has 0 N–H and O–H groups in total. The van der Waals surface area contributed by atoms with E-state index in [1.807, 2.05) is 72.8 Å². The van der Waals surface area contributed by atoms with E-state index in [1.54, 1.807) is 0 Å². The fourth-order valence-corrected chi connectivity index (χ4v) is 2.83. The molecule has 0 atom stereocenters. The molecule has 4 nitrogen and oxygen atoms in total. The van der Waals surface area contributed by atoms with E-state index in [9.17, 15) is 0 Å². The molecule has 0 radical (unpaired) electrons. The average Bonchev–Trinajstić information content (AvgIpc) is 3.32. The van der Waals surface area contributed by atoms with Crippen LogP contribution < -0.4 is 9.97 Å². The van der Waals surface area contributed by atoms with Gasteiger partial charge in [-0.25, -0.2) is 9.97 Å². The Morgan fingerprint density at radius 2 is 0.840 bits per heavy atom. The molecule has 3 aromatic rings. The van der Waals surface area contributed by atoms with Gasteiger partial charge in [-0.05, 0) is 30.4 Å². The maximum Gasteiger partial charge on any atom is 2.00 e. The second-order valence-corrected chi connectivity index (χ2v) is 5.76. The monoisotopic (exact) mass is 503 g/mol. The summed E-state index contributed by atoms with van der Waals surface area (Å²) in [6.45, 7) is 0. The molecule has 5 heteroatoms. The second-order valence-electron chi connectivity index (χ2n) is 5.76. The van der Waals surface area contributed by atoms with Gasteiger partial charge in [0.15, 0.2) is 0 Å². The molecule has 25 heavy (non-hydrogen) atoms. The summed E-state index contributed by atoms with van der Waals surface area (Å²) in [7, 11) is 0. The van der Waals surface area contributed by atoms with Gasteiger partial charge in [0.05, 0.1) is 22.8 Å². The van der Waals surface area contributed by atoms with E-state index in [1.165, 1.54) is 0 Å². The smallest absolute Gasteiger partial charge is 0.658 e. The van der Waals surface area contributed by atoms with Gasteiger partial charge in [-0.2, -0.15) is 0 Å². The van der Waals surface area contributed by atoms with Gasteiger partial charge in [0, 0.05) is 0 Å². The summed E-state index contributed by atoms with van der Waals surface area (Å²) >= 11 is 0. The first-order chi connectivity index (χ1) is 11.8. The minimum absolute atomic E-state index is 0. The van der Waals surface area contributed by atoms with Gasteiger partial charge >= 0.3 is 21.1 Å². The molecule has 5 rings (SSSR count). The summed E-state index contributed by atoms with van der Waals surface area (Å²) in [5.41, 5.74) is 7.15. The van der Waals surface area contributed by atoms with Crippen LogP contribution in [0.5, 0.6) is 0 Å². The Morgan fingerprint density at radius 3 is 1.28 bits per heavy atom. The van der Waals surface area contributed by atoms with Gasteiger partial charge in [0.1, 0.15) is 0 Å². The number of aromatic nitrogens is 4. The zero-order valence-electron chi connectivity index (χ0n) is 13.0. The van der Waals surface area contributed by atoms with Crippen molar-refractivity contribution in [2.45, 2.75) is 0 Å². The second kappa shape index (κ2) is 6.30. The van der Waals surface area contributed by atoms with Gasteiger partial charge in [0.2, 0.25) is 0 Å². The Hall–Kier alpha value is -2.71. The largest absolute Gasteiger partial charge is 2.00 e. The third kappa shape index (κ3) is 3.26. The molecular formula is C20H12N4Pt. The standard InChI is InChI=1S/C20H12N4.Pt/c1-2-14-10-16-5-6-18(23-16)12-20-8-7-19(24-20)11-17-4-3-15(22-17)9-13(1)21-14;/h1-12H;/q-2;+2. The molecule has 2 aliphatic rings. The number of hydrogen-bond donors (Lipinski definition) is 0. The van der Waals surface area contributed by atoms with Crippen molar-refractivity contribution in [1.82, 2.24) is 19.9 Å². The molecule has 0 aromatic carbocycles. The number of hydrogen-bond acceptors (Lipinski definition) is 2. The minimum Gasteiger partial charge on any atom is -0.658 e. The van der Waals surface area contributed by atoms with Crippen molar-refractivity contribution in [1.29, 1.82) is 0 Å². The zero-order valence-corrected chi connectivity index (χ0v) is 15.3. The van der Waals surface area contributed by atoms with Gasteiger partial charge in [-0.1, -0.05) is 42.5 Å². The molecule has 0 saturated carbocycles. The minimum atomic E-state index is 0. The van der Waals surface area contributed by atoms with E-state index in [0.29, 0.717) is 0 Å². The van der Waals surface area contributed by atoms with Crippen molar-refractivity contribution >= 4 is 46.4 Å².